The molecule has 19 heavy (non-hydrogen) atoms. The largest absolute Gasteiger partial charge is 0.333 e. The van der Waals surface area contributed by atoms with Gasteiger partial charge in [0.2, 0.25) is 0 Å². The summed E-state index contributed by atoms with van der Waals surface area (Å²) in [6.45, 7) is 3.07. The first-order valence-corrected chi connectivity index (χ1v) is 6.81. The molecule has 98 valence electrons. The number of halogens is 1. The van der Waals surface area contributed by atoms with Crippen LogP contribution in [0.3, 0.4) is 0 Å². The number of hydrogen-bond donors (Lipinski definition) is 0. The third-order valence-corrected chi connectivity index (χ3v) is 3.37. The van der Waals surface area contributed by atoms with Gasteiger partial charge in [-0.25, -0.2) is 4.98 Å². The third-order valence-electron chi connectivity index (χ3n) is 2.74. The quantitative estimate of drug-likeness (QED) is 0.814. The topological polar surface area (TPSA) is 46.1 Å². The predicted molar refractivity (Wildman–Crippen MR) is 76.6 cm³/mol. The molecule has 0 unspecified atom stereocenters. The molecule has 2 aromatic rings. The maximum atomic E-state index is 12.4. The molecule has 0 bridgehead atoms. The van der Waals surface area contributed by atoms with Gasteiger partial charge >= 0.3 is 0 Å². The highest BCUT2D eigenvalue weighted by molar-refractivity contribution is 9.10. The Bertz CT molecular complexity index is 560. The molecule has 0 radical (unpaired) electrons. The lowest BCUT2D eigenvalue weighted by molar-refractivity contribution is 0.0749. The number of carbonyl (C=O) groups excluding carboxylic acids is 1. The van der Waals surface area contributed by atoms with E-state index in [-0.39, 0.29) is 5.91 Å². The fourth-order valence-electron chi connectivity index (χ4n) is 1.73. The molecule has 0 aliphatic carbocycles. The zero-order chi connectivity index (χ0) is 13.7. The number of hydrogen-bond acceptors (Lipinski definition) is 3. The van der Waals surface area contributed by atoms with Crippen LogP contribution in [0.5, 0.6) is 0 Å². The number of amides is 1. The Morgan fingerprint density at radius 3 is 2.63 bits per heavy atom. The molecule has 0 fully saturated rings. The lowest BCUT2D eigenvalue weighted by Crippen LogP contribution is -2.31. The van der Waals surface area contributed by atoms with Crippen molar-refractivity contribution >= 4 is 21.8 Å². The SMILES string of the molecule is CCN(Cc1ccccn1)C(=O)c1cccnc1Br. The van der Waals surface area contributed by atoms with E-state index in [1.165, 1.54) is 0 Å². The van der Waals surface area contributed by atoms with E-state index >= 15 is 0 Å². The van der Waals surface area contributed by atoms with E-state index in [9.17, 15) is 4.79 Å². The number of rotatable bonds is 4. The molecule has 0 aliphatic heterocycles. The van der Waals surface area contributed by atoms with Crippen molar-refractivity contribution in [2.45, 2.75) is 13.5 Å². The highest BCUT2D eigenvalue weighted by Gasteiger charge is 2.17. The average molecular weight is 320 g/mol. The van der Waals surface area contributed by atoms with Gasteiger partial charge in [0.1, 0.15) is 4.60 Å². The molecule has 0 aliphatic rings. The molecular formula is C14H14BrN3O. The number of nitrogens with zero attached hydrogens (tertiary/aromatic N) is 3. The zero-order valence-corrected chi connectivity index (χ0v) is 12.2. The van der Waals surface area contributed by atoms with E-state index in [2.05, 4.69) is 25.9 Å². The minimum absolute atomic E-state index is 0.0480. The first kappa shape index (κ1) is 13.7. The Labute approximate surface area is 120 Å². The molecule has 0 saturated heterocycles. The summed E-state index contributed by atoms with van der Waals surface area (Å²) < 4.78 is 0.569. The molecule has 2 heterocycles. The summed E-state index contributed by atoms with van der Waals surface area (Å²) in [6.07, 6.45) is 3.38. The highest BCUT2D eigenvalue weighted by atomic mass is 79.9. The Morgan fingerprint density at radius 2 is 2.00 bits per heavy atom. The van der Waals surface area contributed by atoms with Crippen LogP contribution in [0, 0.1) is 0 Å². The van der Waals surface area contributed by atoms with Crippen molar-refractivity contribution in [2.24, 2.45) is 0 Å². The fraction of sp³-hybridized carbons (Fsp3) is 0.214. The number of carbonyl (C=O) groups is 1. The van der Waals surface area contributed by atoms with Crippen LogP contribution in [-0.4, -0.2) is 27.3 Å². The maximum absolute atomic E-state index is 12.4. The summed E-state index contributed by atoms with van der Waals surface area (Å²) in [5.74, 6) is -0.0480. The van der Waals surface area contributed by atoms with Crippen LogP contribution < -0.4 is 0 Å². The van der Waals surface area contributed by atoms with Crippen molar-refractivity contribution in [1.29, 1.82) is 0 Å². The van der Waals surface area contributed by atoms with Crippen molar-refractivity contribution in [3.05, 3.63) is 58.6 Å². The van der Waals surface area contributed by atoms with Gasteiger partial charge in [0.25, 0.3) is 5.91 Å². The summed E-state index contributed by atoms with van der Waals surface area (Å²) in [4.78, 5) is 22.5. The number of aromatic nitrogens is 2. The van der Waals surface area contributed by atoms with Gasteiger partial charge < -0.3 is 4.90 Å². The maximum Gasteiger partial charge on any atom is 0.256 e. The Hall–Kier alpha value is -1.75. The molecular weight excluding hydrogens is 306 g/mol. The van der Waals surface area contributed by atoms with E-state index in [0.717, 1.165) is 5.69 Å². The molecule has 0 aromatic carbocycles. The summed E-state index contributed by atoms with van der Waals surface area (Å²) in [5.41, 5.74) is 1.44. The number of pyridine rings is 2. The smallest absolute Gasteiger partial charge is 0.256 e. The van der Waals surface area contributed by atoms with Gasteiger partial charge in [-0.05, 0) is 47.1 Å². The van der Waals surface area contributed by atoms with E-state index in [0.29, 0.717) is 23.3 Å². The van der Waals surface area contributed by atoms with E-state index in [4.69, 9.17) is 0 Å². The molecule has 5 heteroatoms. The monoisotopic (exact) mass is 319 g/mol. The molecule has 0 atom stereocenters. The lowest BCUT2D eigenvalue weighted by atomic mass is 10.2. The Kier molecular flexibility index (Phi) is 4.63. The summed E-state index contributed by atoms with van der Waals surface area (Å²) in [5, 5.41) is 0. The molecule has 0 N–H and O–H groups in total. The predicted octanol–water partition coefficient (Wildman–Crippen LogP) is 2.90. The van der Waals surface area contributed by atoms with Crippen LogP contribution in [0.4, 0.5) is 0 Å². The molecule has 1 amide bonds. The van der Waals surface area contributed by atoms with Crippen LogP contribution in [0.25, 0.3) is 0 Å². The van der Waals surface area contributed by atoms with Gasteiger partial charge in [0.15, 0.2) is 0 Å². The minimum atomic E-state index is -0.0480. The average Bonchev–Trinajstić information content (AvgIpc) is 2.46. The summed E-state index contributed by atoms with van der Waals surface area (Å²) in [7, 11) is 0. The van der Waals surface area contributed by atoms with Gasteiger partial charge in [-0.15, -0.1) is 0 Å². The molecule has 0 spiro atoms. The van der Waals surface area contributed by atoms with Crippen LogP contribution >= 0.6 is 15.9 Å². The van der Waals surface area contributed by atoms with Crippen LogP contribution in [0.15, 0.2) is 47.3 Å². The van der Waals surface area contributed by atoms with Crippen LogP contribution in [0.1, 0.15) is 23.0 Å². The standard InChI is InChI=1S/C14H14BrN3O/c1-2-18(10-11-6-3-4-8-16-11)14(19)12-7-5-9-17-13(12)15/h3-9H,2,10H2,1H3. The first-order chi connectivity index (χ1) is 9.22. The molecule has 2 aromatic heterocycles. The molecule has 2 rings (SSSR count). The Balaban J connectivity index is 2.18. The third kappa shape index (κ3) is 3.38. The molecule has 4 nitrogen and oxygen atoms in total. The van der Waals surface area contributed by atoms with Gasteiger partial charge in [0, 0.05) is 18.9 Å². The van der Waals surface area contributed by atoms with Gasteiger partial charge in [-0.2, -0.15) is 0 Å². The second-order valence-corrected chi connectivity index (χ2v) is 4.73. The summed E-state index contributed by atoms with van der Waals surface area (Å²) >= 11 is 3.31. The van der Waals surface area contributed by atoms with Crippen LogP contribution in [-0.2, 0) is 6.54 Å². The van der Waals surface area contributed by atoms with Crippen molar-refractivity contribution < 1.29 is 4.79 Å². The zero-order valence-electron chi connectivity index (χ0n) is 10.6. The molecule has 0 saturated carbocycles. The second-order valence-electron chi connectivity index (χ2n) is 3.98. The van der Waals surface area contributed by atoms with E-state index in [1.807, 2.05) is 25.1 Å². The highest BCUT2D eigenvalue weighted by Crippen LogP contribution is 2.16. The van der Waals surface area contributed by atoms with Gasteiger partial charge in [-0.1, -0.05) is 6.07 Å². The first-order valence-electron chi connectivity index (χ1n) is 6.02. The summed E-state index contributed by atoms with van der Waals surface area (Å²) in [6, 6.07) is 9.21. The van der Waals surface area contributed by atoms with E-state index < -0.39 is 0 Å². The van der Waals surface area contributed by atoms with Gasteiger partial charge in [-0.3, -0.25) is 9.78 Å². The van der Waals surface area contributed by atoms with Crippen molar-refractivity contribution in [1.82, 2.24) is 14.9 Å². The van der Waals surface area contributed by atoms with Crippen molar-refractivity contribution in [3.8, 4) is 0 Å². The van der Waals surface area contributed by atoms with Crippen molar-refractivity contribution in [2.75, 3.05) is 6.54 Å². The van der Waals surface area contributed by atoms with Gasteiger partial charge in [0.05, 0.1) is 17.8 Å². The second kappa shape index (κ2) is 6.43. The fourth-order valence-corrected chi connectivity index (χ4v) is 2.15. The Morgan fingerprint density at radius 1 is 1.21 bits per heavy atom. The minimum Gasteiger partial charge on any atom is -0.333 e. The normalized spacial score (nSPS) is 10.2. The van der Waals surface area contributed by atoms with Crippen molar-refractivity contribution in [3.63, 3.8) is 0 Å². The van der Waals surface area contributed by atoms with Crippen LogP contribution in [0.2, 0.25) is 0 Å². The lowest BCUT2D eigenvalue weighted by Gasteiger charge is -2.20. The van der Waals surface area contributed by atoms with E-state index in [1.54, 1.807) is 29.4 Å².